The summed E-state index contributed by atoms with van der Waals surface area (Å²) in [5, 5.41) is 13.0. The molecule has 3 saturated heterocycles. The summed E-state index contributed by atoms with van der Waals surface area (Å²) in [4.78, 5) is 66.9. The molecule has 2 aromatic rings. The zero-order chi connectivity index (χ0) is 34.5. The molecule has 14 nitrogen and oxygen atoms in total. The number of aromatic hydroxyl groups is 1. The fraction of sp³-hybridized carbons (Fsp3) is 0.529. The first-order valence-corrected chi connectivity index (χ1v) is 17.6. The fourth-order valence-electron chi connectivity index (χ4n) is 7.26. The van der Waals surface area contributed by atoms with Gasteiger partial charge in [-0.15, -0.1) is 0 Å². The normalized spacial score (nSPS) is 21.2. The van der Waals surface area contributed by atoms with Crippen LogP contribution < -0.4 is 10.8 Å². The van der Waals surface area contributed by atoms with Gasteiger partial charge in [0.1, 0.15) is 5.75 Å². The summed E-state index contributed by atoms with van der Waals surface area (Å²) in [7, 11) is 1.41. The lowest BCUT2D eigenvalue weighted by atomic mass is 10.0. The average Bonchev–Trinajstić information content (AvgIpc) is 3.73. The molecule has 0 aromatic heterocycles. The van der Waals surface area contributed by atoms with E-state index in [0.717, 1.165) is 36.2 Å². The largest absolute Gasteiger partial charge is 0.507 e. The number of hydroxylamine groups is 1. The summed E-state index contributed by atoms with van der Waals surface area (Å²) < 4.78 is 6.48. The van der Waals surface area contributed by atoms with Crippen molar-refractivity contribution in [3.8, 4) is 5.75 Å². The number of para-hydroxylation sites is 1. The zero-order valence-corrected chi connectivity index (χ0v) is 29.3. The second kappa shape index (κ2) is 15.7. The SMILES string of the molecule is CONC(=O)CN1CCC(N2CCN(C(=O)[C@@H](Cc3ccc(O)c(Br)c3)OC(=O)N3CCC(N4CCc5ccccc5NC4=O)CC3)C2)C1. The highest BCUT2D eigenvalue weighted by Gasteiger charge is 2.38. The molecule has 4 aliphatic rings. The van der Waals surface area contributed by atoms with Crippen molar-refractivity contribution in [2.75, 3.05) is 71.5 Å². The highest BCUT2D eigenvalue weighted by atomic mass is 79.9. The smallest absolute Gasteiger partial charge is 0.410 e. The number of benzene rings is 2. The first kappa shape index (κ1) is 34.9. The van der Waals surface area contributed by atoms with Gasteiger partial charge < -0.3 is 29.9 Å². The molecule has 1 unspecified atom stereocenters. The Kier molecular flexibility index (Phi) is 11.2. The summed E-state index contributed by atoms with van der Waals surface area (Å²) in [5.41, 5.74) is 5.03. The van der Waals surface area contributed by atoms with Crippen LogP contribution in [0.5, 0.6) is 5.75 Å². The number of phenols is 1. The van der Waals surface area contributed by atoms with Gasteiger partial charge in [-0.3, -0.25) is 24.2 Å². The minimum atomic E-state index is -1.06. The molecular weight excluding hydrogens is 698 g/mol. The van der Waals surface area contributed by atoms with E-state index in [0.29, 0.717) is 63.3 Å². The Bertz CT molecular complexity index is 1540. The number of carbonyl (C=O) groups is 4. The maximum absolute atomic E-state index is 14.0. The molecule has 0 bridgehead atoms. The minimum Gasteiger partial charge on any atom is -0.507 e. The van der Waals surface area contributed by atoms with Crippen LogP contribution in [-0.2, 0) is 32.0 Å². The molecule has 49 heavy (non-hydrogen) atoms. The Morgan fingerprint density at radius 3 is 2.55 bits per heavy atom. The molecule has 0 saturated carbocycles. The first-order valence-electron chi connectivity index (χ1n) is 16.8. The summed E-state index contributed by atoms with van der Waals surface area (Å²) in [6.45, 7) is 4.73. The number of rotatable bonds is 9. The summed E-state index contributed by atoms with van der Waals surface area (Å²) in [6, 6.07) is 12.9. The second-order valence-corrected chi connectivity index (χ2v) is 13.9. The van der Waals surface area contributed by atoms with Crippen LogP contribution >= 0.6 is 15.9 Å². The Hall–Kier alpha value is -3.92. The molecule has 2 atom stereocenters. The van der Waals surface area contributed by atoms with Crippen LogP contribution in [0.25, 0.3) is 0 Å². The molecule has 0 radical (unpaired) electrons. The molecule has 3 N–H and O–H groups in total. The lowest BCUT2D eigenvalue weighted by Gasteiger charge is -2.38. The number of nitrogens with zero attached hydrogens (tertiary/aromatic N) is 5. The molecular formula is C34H44BrN7O7. The van der Waals surface area contributed by atoms with Gasteiger partial charge in [0.25, 0.3) is 11.8 Å². The second-order valence-electron chi connectivity index (χ2n) is 13.1. The number of hydrogen-bond donors (Lipinski definition) is 3. The van der Waals surface area contributed by atoms with Crippen molar-refractivity contribution in [1.82, 2.24) is 30.0 Å². The quantitative estimate of drug-likeness (QED) is 0.330. The van der Waals surface area contributed by atoms with Gasteiger partial charge in [0.2, 0.25) is 0 Å². The fourth-order valence-corrected chi connectivity index (χ4v) is 7.69. The maximum atomic E-state index is 14.0. The van der Waals surface area contributed by atoms with Crippen molar-refractivity contribution in [2.24, 2.45) is 0 Å². The van der Waals surface area contributed by atoms with Crippen LogP contribution in [0.2, 0.25) is 0 Å². The van der Waals surface area contributed by atoms with Crippen molar-refractivity contribution in [3.63, 3.8) is 0 Å². The molecule has 2 aromatic carbocycles. The summed E-state index contributed by atoms with van der Waals surface area (Å²) in [6.07, 6.45) is 1.38. The first-order chi connectivity index (χ1) is 23.7. The van der Waals surface area contributed by atoms with Crippen LogP contribution in [0.1, 0.15) is 30.4 Å². The molecule has 4 heterocycles. The predicted octanol–water partition coefficient (Wildman–Crippen LogP) is 2.61. The number of likely N-dealkylation sites (tertiary alicyclic amines) is 2. The molecule has 264 valence electrons. The molecule has 4 aliphatic heterocycles. The van der Waals surface area contributed by atoms with Gasteiger partial charge in [-0.25, -0.2) is 15.1 Å². The minimum absolute atomic E-state index is 0.0124. The highest BCUT2D eigenvalue weighted by molar-refractivity contribution is 9.10. The van der Waals surface area contributed by atoms with E-state index in [2.05, 4.69) is 36.5 Å². The Balaban J connectivity index is 1.06. The van der Waals surface area contributed by atoms with E-state index >= 15 is 0 Å². The number of anilines is 1. The van der Waals surface area contributed by atoms with Crippen molar-refractivity contribution in [1.29, 1.82) is 0 Å². The van der Waals surface area contributed by atoms with Gasteiger partial charge in [0, 0.05) is 70.0 Å². The van der Waals surface area contributed by atoms with Crippen molar-refractivity contribution in [2.45, 2.75) is 50.3 Å². The van der Waals surface area contributed by atoms with Crippen molar-refractivity contribution in [3.05, 3.63) is 58.1 Å². The van der Waals surface area contributed by atoms with E-state index in [-0.39, 0.29) is 48.6 Å². The van der Waals surface area contributed by atoms with Crippen LogP contribution in [0, 0.1) is 0 Å². The molecule has 5 amide bonds. The number of nitrogens with one attached hydrogen (secondary N) is 2. The number of piperidine rings is 1. The molecule has 15 heteroatoms. The number of fused-ring (bicyclic) bond motifs is 1. The van der Waals surface area contributed by atoms with Gasteiger partial charge in [0.05, 0.1) is 24.8 Å². The third-order valence-electron chi connectivity index (χ3n) is 9.93. The van der Waals surface area contributed by atoms with Gasteiger partial charge in [-0.1, -0.05) is 24.3 Å². The van der Waals surface area contributed by atoms with E-state index in [1.165, 1.54) is 7.11 Å². The van der Waals surface area contributed by atoms with E-state index in [4.69, 9.17) is 9.57 Å². The topological polar surface area (TPSA) is 147 Å². The van der Waals surface area contributed by atoms with E-state index in [9.17, 15) is 24.3 Å². The number of phenolic OH excluding ortho intramolecular Hbond substituents is 1. The van der Waals surface area contributed by atoms with Crippen LogP contribution in [-0.4, -0.2) is 138 Å². The Morgan fingerprint density at radius 2 is 1.78 bits per heavy atom. The molecule has 3 fully saturated rings. The Labute approximate surface area is 294 Å². The molecule has 6 rings (SSSR count). The number of halogens is 1. The van der Waals surface area contributed by atoms with Crippen molar-refractivity contribution < 1.29 is 33.9 Å². The van der Waals surface area contributed by atoms with Crippen LogP contribution in [0.3, 0.4) is 0 Å². The Morgan fingerprint density at radius 1 is 1.00 bits per heavy atom. The van der Waals surface area contributed by atoms with Crippen LogP contribution in [0.15, 0.2) is 46.9 Å². The number of carbonyl (C=O) groups excluding carboxylic acids is 4. The number of amides is 5. The average molecular weight is 743 g/mol. The number of urea groups is 1. The van der Waals surface area contributed by atoms with Crippen molar-refractivity contribution >= 4 is 45.6 Å². The van der Waals surface area contributed by atoms with E-state index in [1.54, 1.807) is 28.0 Å². The summed E-state index contributed by atoms with van der Waals surface area (Å²) >= 11 is 3.35. The number of hydrogen-bond acceptors (Lipinski definition) is 9. The lowest BCUT2D eigenvalue weighted by molar-refractivity contribution is -0.140. The van der Waals surface area contributed by atoms with Gasteiger partial charge in [0.15, 0.2) is 6.10 Å². The number of ether oxygens (including phenoxy) is 1. The third-order valence-corrected chi connectivity index (χ3v) is 10.6. The van der Waals surface area contributed by atoms with Gasteiger partial charge >= 0.3 is 12.1 Å². The summed E-state index contributed by atoms with van der Waals surface area (Å²) in [5.74, 6) is -0.395. The van der Waals surface area contributed by atoms with Gasteiger partial charge in [-0.2, -0.15) is 0 Å². The monoisotopic (exact) mass is 741 g/mol. The lowest BCUT2D eigenvalue weighted by Crippen LogP contribution is -2.51. The standard InChI is InChI=1S/C34H44BrN7O7/c1-48-37-31(44)21-38-12-9-26(20-38)40-16-17-41(22-40)32(45)30(19-23-6-7-29(43)27(35)18-23)49-34(47)39-13-10-25(11-14-39)42-15-8-24-4-2-3-5-28(24)36-33(42)46/h2-7,18,25-26,30,43H,8-17,19-22H2,1H3,(H,36,46)(H,37,44)/t26?,30-/m1/s1. The molecule has 0 aliphatic carbocycles. The van der Waals surface area contributed by atoms with Crippen LogP contribution in [0.4, 0.5) is 15.3 Å². The van der Waals surface area contributed by atoms with Gasteiger partial charge in [-0.05, 0) is 70.9 Å². The van der Waals surface area contributed by atoms with E-state index in [1.807, 2.05) is 29.2 Å². The zero-order valence-electron chi connectivity index (χ0n) is 27.7. The highest BCUT2D eigenvalue weighted by Crippen LogP contribution is 2.28. The maximum Gasteiger partial charge on any atom is 0.410 e. The third kappa shape index (κ3) is 8.46. The predicted molar refractivity (Wildman–Crippen MR) is 184 cm³/mol. The van der Waals surface area contributed by atoms with E-state index < -0.39 is 12.2 Å². The molecule has 0 spiro atoms.